The third-order valence-electron chi connectivity index (χ3n) is 2.33. The van der Waals surface area contributed by atoms with Gasteiger partial charge in [0.15, 0.2) is 0 Å². The largest absolute Gasteiger partial charge is 0.394 e. The van der Waals surface area contributed by atoms with Crippen molar-refractivity contribution in [1.29, 1.82) is 0 Å². The molecule has 1 aliphatic rings. The van der Waals surface area contributed by atoms with E-state index in [2.05, 4.69) is 5.32 Å². The third kappa shape index (κ3) is 4.40. The zero-order valence-electron chi connectivity index (χ0n) is 9.97. The minimum absolute atomic E-state index is 0.149. The van der Waals surface area contributed by atoms with Crippen molar-refractivity contribution in [2.24, 2.45) is 0 Å². The maximum Gasteiger partial charge on any atom is 0.0674 e. The summed E-state index contributed by atoms with van der Waals surface area (Å²) < 4.78 is 5.50. The van der Waals surface area contributed by atoms with Gasteiger partial charge in [-0.1, -0.05) is 13.8 Å². The second kappa shape index (κ2) is 7.21. The molecule has 2 N–H and O–H groups in total. The average Bonchev–Trinajstić information content (AvgIpc) is 2.67. The number of aliphatic hydroxyl groups excluding tert-OH is 1. The Morgan fingerprint density at radius 1 is 1.43 bits per heavy atom. The number of aliphatic hydroxyl groups is 1. The van der Waals surface area contributed by atoms with Crippen molar-refractivity contribution in [2.75, 3.05) is 19.8 Å². The molecule has 1 saturated heterocycles. The fourth-order valence-electron chi connectivity index (χ4n) is 1.50. The zero-order chi connectivity index (χ0) is 11.0. The summed E-state index contributed by atoms with van der Waals surface area (Å²) in [6, 6.07) is 0. The Morgan fingerprint density at radius 2 is 2.07 bits per heavy atom. The molecule has 1 rings (SSSR count). The van der Waals surface area contributed by atoms with Gasteiger partial charge in [-0.15, -0.1) is 0 Å². The monoisotopic (exact) mass is 203 g/mol. The van der Waals surface area contributed by atoms with E-state index < -0.39 is 0 Å². The molecule has 0 saturated carbocycles. The van der Waals surface area contributed by atoms with E-state index in [1.165, 1.54) is 0 Å². The SMILES string of the molecule is CC.CC(C)OCC1(CO)CCCN1. The maximum atomic E-state index is 9.19. The Kier molecular flexibility index (Phi) is 7.15. The number of hydrogen-bond donors (Lipinski definition) is 2. The quantitative estimate of drug-likeness (QED) is 0.728. The molecule has 1 aliphatic heterocycles. The summed E-state index contributed by atoms with van der Waals surface area (Å²) in [5.74, 6) is 0. The Labute approximate surface area is 87.8 Å². The van der Waals surface area contributed by atoms with Gasteiger partial charge in [0.2, 0.25) is 0 Å². The highest BCUT2D eigenvalue weighted by Gasteiger charge is 2.33. The summed E-state index contributed by atoms with van der Waals surface area (Å²) in [6.45, 7) is 9.84. The van der Waals surface area contributed by atoms with Crippen molar-refractivity contribution in [3.8, 4) is 0 Å². The minimum Gasteiger partial charge on any atom is -0.394 e. The van der Waals surface area contributed by atoms with E-state index in [1.807, 2.05) is 27.7 Å². The summed E-state index contributed by atoms with van der Waals surface area (Å²) in [5, 5.41) is 12.5. The van der Waals surface area contributed by atoms with Crippen LogP contribution in [-0.2, 0) is 4.74 Å². The number of rotatable bonds is 4. The van der Waals surface area contributed by atoms with Crippen LogP contribution in [-0.4, -0.2) is 36.5 Å². The molecule has 1 fully saturated rings. The van der Waals surface area contributed by atoms with Gasteiger partial charge in [-0.3, -0.25) is 0 Å². The van der Waals surface area contributed by atoms with Gasteiger partial charge in [-0.2, -0.15) is 0 Å². The molecule has 86 valence electrons. The molecule has 0 aliphatic carbocycles. The first-order valence-electron chi connectivity index (χ1n) is 5.66. The highest BCUT2D eigenvalue weighted by atomic mass is 16.5. The molecule has 0 amide bonds. The van der Waals surface area contributed by atoms with Crippen LogP contribution in [0.4, 0.5) is 0 Å². The molecule has 0 bridgehead atoms. The first-order valence-corrected chi connectivity index (χ1v) is 5.66. The minimum atomic E-state index is -0.149. The Hall–Kier alpha value is -0.120. The lowest BCUT2D eigenvalue weighted by molar-refractivity contribution is 0.0124. The van der Waals surface area contributed by atoms with Crippen molar-refractivity contribution in [3.63, 3.8) is 0 Å². The molecule has 0 radical (unpaired) electrons. The van der Waals surface area contributed by atoms with Crippen molar-refractivity contribution in [3.05, 3.63) is 0 Å². The fraction of sp³-hybridized carbons (Fsp3) is 1.00. The van der Waals surface area contributed by atoms with Crippen LogP contribution in [0.5, 0.6) is 0 Å². The molecule has 3 heteroatoms. The average molecular weight is 203 g/mol. The Morgan fingerprint density at radius 3 is 2.43 bits per heavy atom. The normalized spacial score (nSPS) is 26.1. The number of hydrogen-bond acceptors (Lipinski definition) is 3. The lowest BCUT2D eigenvalue weighted by Gasteiger charge is -2.27. The van der Waals surface area contributed by atoms with Crippen molar-refractivity contribution in [1.82, 2.24) is 5.32 Å². The van der Waals surface area contributed by atoms with Crippen LogP contribution in [0.2, 0.25) is 0 Å². The Bertz CT molecular complexity index is 131. The molecular formula is C11H25NO2. The summed E-state index contributed by atoms with van der Waals surface area (Å²) in [4.78, 5) is 0. The van der Waals surface area contributed by atoms with Crippen LogP contribution in [0.1, 0.15) is 40.5 Å². The summed E-state index contributed by atoms with van der Waals surface area (Å²) in [7, 11) is 0. The van der Waals surface area contributed by atoms with Crippen molar-refractivity contribution < 1.29 is 9.84 Å². The van der Waals surface area contributed by atoms with E-state index in [-0.39, 0.29) is 18.2 Å². The Balaban J connectivity index is 0.000000791. The van der Waals surface area contributed by atoms with Gasteiger partial charge in [-0.25, -0.2) is 0 Å². The molecule has 0 spiro atoms. The number of ether oxygens (including phenoxy) is 1. The van der Waals surface area contributed by atoms with E-state index in [9.17, 15) is 5.11 Å². The van der Waals surface area contributed by atoms with Crippen LogP contribution in [0.3, 0.4) is 0 Å². The first-order chi connectivity index (χ1) is 6.68. The van der Waals surface area contributed by atoms with Crippen LogP contribution in [0.15, 0.2) is 0 Å². The first kappa shape index (κ1) is 13.9. The van der Waals surface area contributed by atoms with E-state index in [1.54, 1.807) is 0 Å². The highest BCUT2D eigenvalue weighted by Crippen LogP contribution is 2.19. The fourth-order valence-corrected chi connectivity index (χ4v) is 1.50. The smallest absolute Gasteiger partial charge is 0.0674 e. The van der Waals surface area contributed by atoms with Crippen LogP contribution in [0, 0.1) is 0 Å². The van der Waals surface area contributed by atoms with Gasteiger partial charge >= 0.3 is 0 Å². The summed E-state index contributed by atoms with van der Waals surface area (Å²) in [6.07, 6.45) is 2.41. The van der Waals surface area contributed by atoms with Crippen molar-refractivity contribution >= 4 is 0 Å². The van der Waals surface area contributed by atoms with E-state index in [0.29, 0.717) is 6.61 Å². The highest BCUT2D eigenvalue weighted by molar-refractivity contribution is 4.92. The van der Waals surface area contributed by atoms with Gasteiger partial charge in [0, 0.05) is 0 Å². The summed E-state index contributed by atoms with van der Waals surface area (Å²) in [5.41, 5.74) is -0.149. The van der Waals surface area contributed by atoms with E-state index in [4.69, 9.17) is 4.74 Å². The van der Waals surface area contributed by atoms with Crippen molar-refractivity contribution in [2.45, 2.75) is 52.2 Å². The van der Waals surface area contributed by atoms with E-state index in [0.717, 1.165) is 19.4 Å². The maximum absolute atomic E-state index is 9.19. The lowest BCUT2D eigenvalue weighted by atomic mass is 10.0. The van der Waals surface area contributed by atoms with E-state index >= 15 is 0 Å². The van der Waals surface area contributed by atoms with Gasteiger partial charge in [0.1, 0.15) is 0 Å². The third-order valence-corrected chi connectivity index (χ3v) is 2.33. The molecule has 1 atom stereocenters. The van der Waals surface area contributed by atoms with Gasteiger partial charge in [0.25, 0.3) is 0 Å². The van der Waals surface area contributed by atoms with Crippen LogP contribution >= 0.6 is 0 Å². The van der Waals surface area contributed by atoms with Gasteiger partial charge < -0.3 is 15.2 Å². The molecular weight excluding hydrogens is 178 g/mol. The summed E-state index contributed by atoms with van der Waals surface area (Å²) >= 11 is 0. The molecule has 0 aromatic heterocycles. The molecule has 0 aromatic carbocycles. The predicted molar refractivity (Wildman–Crippen MR) is 59.5 cm³/mol. The zero-order valence-corrected chi connectivity index (χ0v) is 9.97. The topological polar surface area (TPSA) is 41.5 Å². The molecule has 14 heavy (non-hydrogen) atoms. The molecule has 3 nitrogen and oxygen atoms in total. The second-order valence-corrected chi connectivity index (χ2v) is 3.83. The van der Waals surface area contributed by atoms with Gasteiger partial charge in [-0.05, 0) is 33.2 Å². The standard InChI is InChI=1S/C9H19NO2.C2H6/c1-8(2)12-7-9(6-11)4-3-5-10-9;1-2/h8,10-11H,3-7H2,1-2H3;1-2H3. The lowest BCUT2D eigenvalue weighted by Crippen LogP contribution is -2.48. The second-order valence-electron chi connectivity index (χ2n) is 3.83. The number of nitrogens with one attached hydrogen (secondary N) is 1. The predicted octanol–water partition coefficient (Wildman–Crippen LogP) is 1.55. The molecule has 1 heterocycles. The van der Waals surface area contributed by atoms with Crippen LogP contribution < -0.4 is 5.32 Å². The molecule has 0 aromatic rings. The van der Waals surface area contributed by atoms with Gasteiger partial charge in [0.05, 0.1) is 24.9 Å². The molecule has 1 unspecified atom stereocenters. The van der Waals surface area contributed by atoms with Crippen LogP contribution in [0.25, 0.3) is 0 Å².